The second-order valence-electron chi connectivity index (χ2n) is 10.2. The molecular formula is C29H36N2O5S. The minimum atomic E-state index is -1.10. The van der Waals surface area contributed by atoms with E-state index in [1.807, 2.05) is 35.2 Å². The van der Waals surface area contributed by atoms with Gasteiger partial charge in [0.15, 0.2) is 0 Å². The summed E-state index contributed by atoms with van der Waals surface area (Å²) in [7, 11) is 0. The van der Waals surface area contributed by atoms with Crippen LogP contribution in [0.25, 0.3) is 0 Å². The first-order valence-electron chi connectivity index (χ1n) is 13.0. The largest absolute Gasteiger partial charge is 0.490 e. The monoisotopic (exact) mass is 524 g/mol. The molecule has 1 heterocycles. The minimum absolute atomic E-state index is 0.0114. The van der Waals surface area contributed by atoms with E-state index < -0.39 is 23.7 Å². The predicted octanol–water partition coefficient (Wildman–Crippen LogP) is 4.61. The van der Waals surface area contributed by atoms with Crippen molar-refractivity contribution in [3.8, 4) is 5.75 Å². The number of nitrogens with zero attached hydrogens (tertiary/aromatic N) is 1. The van der Waals surface area contributed by atoms with Crippen molar-refractivity contribution in [2.24, 2.45) is 0 Å². The molecule has 2 N–H and O–H groups in total. The van der Waals surface area contributed by atoms with E-state index in [9.17, 15) is 14.4 Å². The molecule has 1 unspecified atom stereocenters. The Morgan fingerprint density at radius 3 is 2.41 bits per heavy atom. The summed E-state index contributed by atoms with van der Waals surface area (Å²) in [6, 6.07) is 18.4. The summed E-state index contributed by atoms with van der Waals surface area (Å²) in [5.74, 6) is -0.196. The number of amides is 2. The molecule has 4 rings (SSSR count). The van der Waals surface area contributed by atoms with Crippen LogP contribution in [-0.2, 0) is 20.8 Å². The molecule has 2 fully saturated rings. The molecule has 1 saturated carbocycles. The molecule has 2 aromatic carbocycles. The molecule has 2 aromatic rings. The highest BCUT2D eigenvalue weighted by Gasteiger charge is 2.53. The number of carbonyl (C=O) groups excluding carboxylic acids is 2. The van der Waals surface area contributed by atoms with Crippen LogP contribution in [0.15, 0.2) is 54.6 Å². The van der Waals surface area contributed by atoms with Crippen LogP contribution < -0.4 is 10.1 Å². The molecule has 2 aliphatic rings. The number of benzene rings is 2. The molecule has 1 aliphatic heterocycles. The van der Waals surface area contributed by atoms with Gasteiger partial charge in [0.1, 0.15) is 12.3 Å². The number of hydrogen-bond donors (Lipinski definition) is 2. The fourth-order valence-electron chi connectivity index (χ4n) is 5.17. The van der Waals surface area contributed by atoms with Gasteiger partial charge in [-0.25, -0.2) is 0 Å². The van der Waals surface area contributed by atoms with Crippen LogP contribution in [0.5, 0.6) is 5.75 Å². The fraction of sp³-hybridized carbons (Fsp3) is 0.483. The lowest BCUT2D eigenvalue weighted by molar-refractivity contribution is -0.138. The molecule has 1 aliphatic carbocycles. The maximum atomic E-state index is 13.5. The van der Waals surface area contributed by atoms with Crippen molar-refractivity contribution in [1.82, 2.24) is 10.2 Å². The summed E-state index contributed by atoms with van der Waals surface area (Å²) >= 11 is 1.57. The van der Waals surface area contributed by atoms with Gasteiger partial charge in [0.05, 0.1) is 16.2 Å². The Balaban J connectivity index is 1.42. The Labute approximate surface area is 223 Å². The highest BCUT2D eigenvalue weighted by Crippen LogP contribution is 2.51. The van der Waals surface area contributed by atoms with Crippen LogP contribution in [0.3, 0.4) is 0 Å². The zero-order valence-corrected chi connectivity index (χ0v) is 22.3. The van der Waals surface area contributed by atoms with Gasteiger partial charge in [-0.2, -0.15) is 0 Å². The Morgan fingerprint density at radius 1 is 1.11 bits per heavy atom. The van der Waals surface area contributed by atoms with E-state index in [2.05, 4.69) is 43.4 Å². The van der Waals surface area contributed by atoms with E-state index in [4.69, 9.17) is 9.84 Å². The lowest BCUT2D eigenvalue weighted by Crippen LogP contribution is -2.49. The normalized spacial score (nSPS) is 23.4. The number of nitrogens with one attached hydrogen (secondary N) is 1. The number of carboxylic acids is 1. The number of thioether (sulfide) groups is 1. The van der Waals surface area contributed by atoms with Crippen LogP contribution in [-0.4, -0.2) is 57.1 Å². The average Bonchev–Trinajstić information content (AvgIpc) is 3.13. The molecule has 7 nitrogen and oxygen atoms in total. The summed E-state index contributed by atoms with van der Waals surface area (Å²) in [6.45, 7) is 4.49. The van der Waals surface area contributed by atoms with Gasteiger partial charge in [-0.3, -0.25) is 14.4 Å². The molecule has 1 atom stereocenters. The van der Waals surface area contributed by atoms with Crippen LogP contribution in [0.1, 0.15) is 63.0 Å². The fourth-order valence-corrected chi connectivity index (χ4v) is 6.94. The van der Waals surface area contributed by atoms with E-state index in [1.54, 1.807) is 11.8 Å². The number of hydrogen-bond acceptors (Lipinski definition) is 5. The number of rotatable bonds is 10. The van der Waals surface area contributed by atoms with Crippen molar-refractivity contribution in [2.45, 2.75) is 74.5 Å². The van der Waals surface area contributed by atoms with E-state index >= 15 is 0 Å². The molecule has 8 heteroatoms. The van der Waals surface area contributed by atoms with Gasteiger partial charge in [0, 0.05) is 13.0 Å². The van der Waals surface area contributed by atoms with Crippen LogP contribution in [0.2, 0.25) is 0 Å². The van der Waals surface area contributed by atoms with E-state index in [0.717, 1.165) is 37.9 Å². The van der Waals surface area contributed by atoms with E-state index in [1.165, 1.54) is 11.1 Å². The van der Waals surface area contributed by atoms with Crippen molar-refractivity contribution >= 4 is 29.5 Å². The van der Waals surface area contributed by atoms with Crippen LogP contribution >= 0.6 is 11.8 Å². The number of carboxylic acid groups (broad SMARTS) is 1. The van der Waals surface area contributed by atoms with Crippen molar-refractivity contribution in [2.75, 3.05) is 13.1 Å². The first kappa shape index (κ1) is 27.0. The summed E-state index contributed by atoms with van der Waals surface area (Å²) in [6.07, 6.45) is 4.05. The van der Waals surface area contributed by atoms with Crippen molar-refractivity contribution in [1.29, 1.82) is 0 Å². The van der Waals surface area contributed by atoms with Gasteiger partial charge in [-0.05, 0) is 61.3 Å². The lowest BCUT2D eigenvalue weighted by atomic mass is 9.90. The van der Waals surface area contributed by atoms with Crippen LogP contribution in [0, 0.1) is 0 Å². The molecule has 198 valence electrons. The molecule has 0 bridgehead atoms. The SMILES string of the molecule is CC(C)c1ccc(OC2CCC3(CC2)SC(CC(=O)NCC(=O)O)C(=O)N3CCc2ccccc2)cc1. The summed E-state index contributed by atoms with van der Waals surface area (Å²) in [5, 5.41) is 10.7. The highest BCUT2D eigenvalue weighted by molar-refractivity contribution is 8.02. The van der Waals surface area contributed by atoms with Gasteiger partial charge < -0.3 is 20.1 Å². The molecule has 1 saturated heterocycles. The third kappa shape index (κ3) is 6.86. The smallest absolute Gasteiger partial charge is 0.322 e. The second kappa shape index (κ2) is 12.0. The minimum Gasteiger partial charge on any atom is -0.490 e. The zero-order chi connectivity index (χ0) is 26.4. The first-order valence-corrected chi connectivity index (χ1v) is 13.9. The topological polar surface area (TPSA) is 95.9 Å². The number of aliphatic carboxylic acids is 1. The molecule has 1 spiro atoms. The maximum absolute atomic E-state index is 13.5. The number of carbonyl (C=O) groups is 3. The molecule has 37 heavy (non-hydrogen) atoms. The second-order valence-corrected chi connectivity index (χ2v) is 11.8. The van der Waals surface area contributed by atoms with Gasteiger partial charge >= 0.3 is 5.97 Å². The Hall–Kier alpha value is -3.00. The quantitative estimate of drug-likeness (QED) is 0.472. The lowest BCUT2D eigenvalue weighted by Gasteiger charge is -2.42. The highest BCUT2D eigenvalue weighted by atomic mass is 32.2. The Bertz CT molecular complexity index is 1080. The average molecular weight is 525 g/mol. The molecule has 0 aromatic heterocycles. The van der Waals surface area contributed by atoms with E-state index in [-0.39, 0.29) is 23.3 Å². The summed E-state index contributed by atoms with van der Waals surface area (Å²) < 4.78 is 6.30. The first-order chi connectivity index (χ1) is 17.8. The van der Waals surface area contributed by atoms with Gasteiger partial charge in [0.2, 0.25) is 11.8 Å². The van der Waals surface area contributed by atoms with Crippen LogP contribution in [0.4, 0.5) is 0 Å². The summed E-state index contributed by atoms with van der Waals surface area (Å²) in [4.78, 5) is 38.3. The van der Waals surface area contributed by atoms with Crippen molar-refractivity contribution < 1.29 is 24.2 Å². The third-order valence-electron chi connectivity index (χ3n) is 7.23. The van der Waals surface area contributed by atoms with Crippen molar-refractivity contribution in [3.05, 3.63) is 65.7 Å². The number of ether oxygens (including phenoxy) is 1. The maximum Gasteiger partial charge on any atom is 0.322 e. The third-order valence-corrected chi connectivity index (χ3v) is 8.95. The molecular weight excluding hydrogens is 488 g/mol. The van der Waals surface area contributed by atoms with E-state index in [0.29, 0.717) is 12.5 Å². The standard InChI is InChI=1S/C29H36N2O5S/c1-20(2)22-8-10-23(11-9-22)36-24-12-15-29(16-13-24)31(17-14-21-6-4-3-5-7-21)28(35)25(37-29)18-26(32)30-19-27(33)34/h3-11,20,24-25H,12-19H2,1-2H3,(H,30,32)(H,33,34). The molecule has 2 amide bonds. The van der Waals surface area contributed by atoms with Crippen molar-refractivity contribution in [3.63, 3.8) is 0 Å². The summed E-state index contributed by atoms with van der Waals surface area (Å²) in [5.41, 5.74) is 2.45. The van der Waals surface area contributed by atoms with Gasteiger partial charge in [-0.1, -0.05) is 56.3 Å². The molecule has 0 radical (unpaired) electrons. The van der Waals surface area contributed by atoms with Gasteiger partial charge in [0.25, 0.3) is 0 Å². The predicted molar refractivity (Wildman–Crippen MR) is 145 cm³/mol. The zero-order valence-electron chi connectivity index (χ0n) is 21.5. The van der Waals surface area contributed by atoms with Gasteiger partial charge in [-0.15, -0.1) is 11.8 Å². The Kier molecular flexibility index (Phi) is 8.79. The Morgan fingerprint density at radius 2 is 1.78 bits per heavy atom.